The number of benzene rings is 19. The van der Waals surface area contributed by atoms with Gasteiger partial charge < -0.3 is 14.2 Å². The van der Waals surface area contributed by atoms with E-state index in [2.05, 4.69) is 493 Å². The van der Waals surface area contributed by atoms with Crippen LogP contribution in [0.25, 0.3) is 155 Å². The molecule has 3 unspecified atom stereocenters. The molecule has 0 spiro atoms. The van der Waals surface area contributed by atoms with Crippen molar-refractivity contribution in [3.05, 3.63) is 489 Å². The van der Waals surface area contributed by atoms with E-state index in [4.69, 9.17) is 4.42 Å². The van der Waals surface area contributed by atoms with Crippen LogP contribution in [0.5, 0.6) is 0 Å². The molecule has 1 aromatic heterocycles. The predicted molar refractivity (Wildman–Crippen MR) is 549 cm³/mol. The van der Waals surface area contributed by atoms with Crippen LogP contribution in [-0.2, 0) is 10.8 Å². The first-order valence-corrected chi connectivity index (χ1v) is 46.0. The van der Waals surface area contributed by atoms with E-state index in [0.29, 0.717) is 17.9 Å². The van der Waals surface area contributed by atoms with Gasteiger partial charge >= 0.3 is 0 Å². The Hall–Kier alpha value is -15.4. The molecule has 1 fully saturated rings. The second kappa shape index (κ2) is 34.1. The molecule has 23 rings (SSSR count). The van der Waals surface area contributed by atoms with Gasteiger partial charge in [0.25, 0.3) is 0 Å². The van der Waals surface area contributed by atoms with Gasteiger partial charge in [0.15, 0.2) is 0 Å². The van der Waals surface area contributed by atoms with Crippen LogP contribution in [0.3, 0.4) is 0 Å². The molecule has 0 aliphatic heterocycles. The minimum absolute atomic E-state index is 0.0317. The van der Waals surface area contributed by atoms with Crippen LogP contribution in [0.15, 0.2) is 465 Å². The van der Waals surface area contributed by atoms with Gasteiger partial charge in [-0.2, -0.15) is 0 Å². The molecule has 3 aliphatic rings. The van der Waals surface area contributed by atoms with E-state index in [1.165, 1.54) is 174 Å². The molecule has 3 nitrogen and oxygen atoms in total. The monoisotopic (exact) mass is 1670 g/mol. The van der Waals surface area contributed by atoms with E-state index in [-0.39, 0.29) is 10.8 Å². The highest BCUT2D eigenvalue weighted by atomic mass is 16.3. The van der Waals surface area contributed by atoms with Crippen molar-refractivity contribution in [1.29, 1.82) is 0 Å². The minimum atomic E-state index is -0.224. The molecule has 1 saturated carbocycles. The summed E-state index contributed by atoms with van der Waals surface area (Å²) >= 11 is 0. The van der Waals surface area contributed by atoms with Crippen molar-refractivity contribution in [3.63, 3.8) is 0 Å². The second-order valence-corrected chi connectivity index (χ2v) is 36.6. The number of para-hydroxylation sites is 1. The van der Waals surface area contributed by atoms with Gasteiger partial charge in [0.1, 0.15) is 11.2 Å². The van der Waals surface area contributed by atoms with Crippen LogP contribution < -0.4 is 9.80 Å². The van der Waals surface area contributed by atoms with Crippen molar-refractivity contribution < 1.29 is 4.42 Å². The van der Waals surface area contributed by atoms with Gasteiger partial charge in [-0.1, -0.05) is 392 Å². The largest absolute Gasteiger partial charge is 0.456 e. The van der Waals surface area contributed by atoms with E-state index in [0.717, 1.165) is 51.8 Å². The quantitative estimate of drug-likeness (QED) is 0.0906. The van der Waals surface area contributed by atoms with Crippen LogP contribution in [0.1, 0.15) is 80.7 Å². The van der Waals surface area contributed by atoms with Crippen LogP contribution in [-0.4, -0.2) is 6.04 Å². The summed E-state index contributed by atoms with van der Waals surface area (Å²) < 4.78 is 6.17. The molecular weight excluding hydrogens is 1570 g/mol. The van der Waals surface area contributed by atoms with Crippen molar-refractivity contribution in [1.82, 2.24) is 0 Å². The first-order chi connectivity index (χ1) is 63.8. The van der Waals surface area contributed by atoms with Gasteiger partial charge in [0, 0.05) is 50.7 Å². The minimum Gasteiger partial charge on any atom is -0.456 e. The Bertz CT molecular complexity index is 7410. The first-order valence-electron chi connectivity index (χ1n) is 46.0. The lowest BCUT2D eigenvalue weighted by atomic mass is 9.68. The number of aryl methyl sites for hydroxylation is 1. The van der Waals surface area contributed by atoms with Crippen molar-refractivity contribution in [2.45, 2.75) is 76.7 Å². The maximum absolute atomic E-state index is 6.17. The third-order valence-electron chi connectivity index (χ3n) is 28.4. The zero-order valence-electron chi connectivity index (χ0n) is 74.0. The fourth-order valence-electron chi connectivity index (χ4n) is 21.5. The number of fused-ring (bicyclic) bond motifs is 9. The Morgan fingerprint density at radius 1 is 0.238 bits per heavy atom. The highest BCUT2D eigenvalue weighted by Gasteiger charge is 2.50. The Kier molecular flexibility index (Phi) is 21.1. The standard InChI is InChI=1S/C64H55N.C63H45NO/c1-44-17-10-11-24-55(44)51-23-16-22-49(41-51)50-33-39-60-61-40-38-54(43-63(61)64(2,3)62(60)42-50)65(52-34-29-47(30-35-52)58-27-14-12-25-56(58)45-18-6-4-7-19-45)53-36-31-48(32-37-53)59-28-15-13-26-57(59)46-20-8-5-9-21-46;1-63(2)59-40-51(50-29-37-62-58(39-50)57-18-9-10-19-61(57)65-62)28-35-55(59)56-36-34-54(41-60(56)63)64(52-30-24-46(25-31-52)45-22-20-44(21-23-45)42-12-5-3-6-13-42)53-32-26-47(27-33-53)49-17-11-16-48(38-49)43-14-7-4-8-15-43/h4-37,39,41-42,54,61,63H,38,40,43H2,1-3H3;3-41H,1-2H3. The smallest absolute Gasteiger partial charge is 0.135 e. The van der Waals surface area contributed by atoms with E-state index < -0.39 is 0 Å². The van der Waals surface area contributed by atoms with Crippen LogP contribution in [0, 0.1) is 12.8 Å². The topological polar surface area (TPSA) is 19.6 Å². The van der Waals surface area contributed by atoms with E-state index >= 15 is 0 Å². The van der Waals surface area contributed by atoms with Crippen LogP contribution >= 0.6 is 0 Å². The van der Waals surface area contributed by atoms with E-state index in [1.807, 2.05) is 12.1 Å². The van der Waals surface area contributed by atoms with Crippen molar-refractivity contribution in [3.8, 4) is 134 Å². The van der Waals surface area contributed by atoms with Gasteiger partial charge in [-0.15, -0.1) is 0 Å². The zero-order chi connectivity index (χ0) is 87.4. The average Bonchev–Trinajstić information content (AvgIpc) is 1.57. The van der Waals surface area contributed by atoms with Gasteiger partial charge in [0.2, 0.25) is 0 Å². The summed E-state index contributed by atoms with van der Waals surface area (Å²) in [5.41, 5.74) is 44.3. The summed E-state index contributed by atoms with van der Waals surface area (Å²) in [4.78, 5) is 5.08. The fraction of sp³-hybridized carbons (Fsp3) is 0.102. The third-order valence-corrected chi connectivity index (χ3v) is 28.4. The van der Waals surface area contributed by atoms with Gasteiger partial charge in [-0.3, -0.25) is 0 Å². The molecule has 0 bridgehead atoms. The molecule has 0 amide bonds. The Morgan fingerprint density at radius 2 is 0.585 bits per heavy atom. The number of rotatable bonds is 17. The third kappa shape index (κ3) is 15.2. The molecule has 3 atom stereocenters. The van der Waals surface area contributed by atoms with E-state index in [1.54, 1.807) is 5.56 Å². The summed E-state index contributed by atoms with van der Waals surface area (Å²) in [7, 11) is 0. The van der Waals surface area contributed by atoms with Crippen molar-refractivity contribution in [2.24, 2.45) is 5.92 Å². The molecule has 624 valence electrons. The highest BCUT2D eigenvalue weighted by Crippen LogP contribution is 2.59. The number of hydrogen-bond donors (Lipinski definition) is 0. The number of furan rings is 1. The summed E-state index contributed by atoms with van der Waals surface area (Å²) in [6, 6.07) is 169. The van der Waals surface area contributed by atoms with Gasteiger partial charge in [0.05, 0.1) is 0 Å². The van der Waals surface area contributed by atoms with Gasteiger partial charge in [-0.25, -0.2) is 0 Å². The number of hydrogen-bond acceptors (Lipinski definition) is 3. The summed E-state index contributed by atoms with van der Waals surface area (Å²) in [5, 5.41) is 2.29. The van der Waals surface area contributed by atoms with Gasteiger partial charge in [-0.05, 0) is 302 Å². The van der Waals surface area contributed by atoms with Crippen molar-refractivity contribution in [2.75, 3.05) is 9.80 Å². The fourth-order valence-corrected chi connectivity index (χ4v) is 21.5. The van der Waals surface area contributed by atoms with Crippen LogP contribution in [0.4, 0.5) is 28.4 Å². The van der Waals surface area contributed by atoms with Crippen LogP contribution in [0.2, 0.25) is 0 Å². The first kappa shape index (κ1) is 80.4. The molecule has 20 aromatic rings. The number of nitrogens with zero attached hydrogens (tertiary/aromatic N) is 2. The normalized spacial score (nSPS) is 14.9. The second-order valence-electron chi connectivity index (χ2n) is 36.6. The number of anilines is 5. The Morgan fingerprint density at radius 3 is 1.13 bits per heavy atom. The van der Waals surface area contributed by atoms with Crippen molar-refractivity contribution >= 4 is 50.4 Å². The molecule has 3 aliphatic carbocycles. The zero-order valence-corrected chi connectivity index (χ0v) is 74.0. The lowest BCUT2D eigenvalue weighted by molar-refractivity contribution is 0.213. The molecule has 130 heavy (non-hydrogen) atoms. The molecular formula is C127H100N2O. The molecule has 0 N–H and O–H groups in total. The average molecular weight is 1670 g/mol. The maximum Gasteiger partial charge on any atom is 0.135 e. The molecule has 1 heterocycles. The van der Waals surface area contributed by atoms with E-state index in [9.17, 15) is 0 Å². The molecule has 0 saturated heterocycles. The summed E-state index contributed by atoms with van der Waals surface area (Å²) in [5.74, 6) is 1.08. The molecule has 0 radical (unpaired) electrons. The maximum atomic E-state index is 6.17. The lowest BCUT2D eigenvalue weighted by Crippen LogP contribution is -2.41. The molecule has 19 aromatic carbocycles. The Labute approximate surface area is 764 Å². The summed E-state index contributed by atoms with van der Waals surface area (Å²) in [6.45, 7) is 12.0. The summed E-state index contributed by atoms with van der Waals surface area (Å²) in [6.07, 6.45) is 3.44. The Balaban J connectivity index is 0.000000153. The predicted octanol–water partition coefficient (Wildman–Crippen LogP) is 35.1. The SMILES string of the molecule is CC1(C)c2cc(-c3ccc4oc5ccccc5c4c3)ccc2-c2ccc(N(c3ccc(-c4ccc(-c5ccccc5)cc4)cc3)c3ccc(-c4cccc(-c5ccccc5)c4)cc3)cc21.Cc1ccccc1-c1cccc(-c2ccc3c(c2)C(C)(C)C2CC(N(c4ccc(-c5ccccc5-c5ccccc5)cc4)c4ccc(-c5ccccc5-c5ccccc5)cc4)CCC32)c1. The lowest BCUT2D eigenvalue weighted by Gasteiger charge is -2.44. The highest BCUT2D eigenvalue weighted by molar-refractivity contribution is 6.06. The molecule has 3 heteroatoms.